The number of nitrogens with one attached hydrogen (secondary N) is 2. The summed E-state index contributed by atoms with van der Waals surface area (Å²) < 4.78 is 5.72. The summed E-state index contributed by atoms with van der Waals surface area (Å²) in [6, 6.07) is 0.156. The number of hydrogen-bond donors (Lipinski definition) is 3. The normalized spacial score (nSPS) is 27.0. The lowest BCUT2D eigenvalue weighted by Crippen LogP contribution is -2.40. The van der Waals surface area contributed by atoms with Crippen LogP contribution in [0.1, 0.15) is 52.4 Å². The number of carbonyl (C=O) groups is 1. The summed E-state index contributed by atoms with van der Waals surface area (Å²) in [6.45, 7) is 4.71. The number of rotatable bonds is 6. The maximum atomic E-state index is 11.4. The lowest BCUT2D eigenvalue weighted by Gasteiger charge is -2.35. The minimum atomic E-state index is -0.487. The summed E-state index contributed by atoms with van der Waals surface area (Å²) in [5.41, 5.74) is 4.99. The second-order valence-corrected chi connectivity index (χ2v) is 8.22. The van der Waals surface area contributed by atoms with Crippen molar-refractivity contribution < 1.29 is 14.5 Å². The molecule has 2 heterocycles. The van der Waals surface area contributed by atoms with Crippen molar-refractivity contribution in [3.63, 3.8) is 0 Å². The molecule has 2 fully saturated rings. The quantitative estimate of drug-likeness (QED) is 0.493. The van der Waals surface area contributed by atoms with Gasteiger partial charge in [-0.25, -0.2) is 4.98 Å². The molecule has 0 spiro atoms. The maximum absolute atomic E-state index is 11.4. The van der Waals surface area contributed by atoms with E-state index in [-0.39, 0.29) is 41.0 Å². The van der Waals surface area contributed by atoms with Gasteiger partial charge in [0.15, 0.2) is 0 Å². The molecule has 10 heteroatoms. The Morgan fingerprint density at radius 2 is 1.96 bits per heavy atom. The van der Waals surface area contributed by atoms with Crippen LogP contribution in [0.25, 0.3) is 0 Å². The third-order valence-corrected chi connectivity index (χ3v) is 5.47. The predicted octanol–water partition coefficient (Wildman–Crippen LogP) is 2.21. The van der Waals surface area contributed by atoms with Crippen LogP contribution in [0.2, 0.25) is 0 Å². The minimum Gasteiger partial charge on any atom is -0.375 e. The van der Waals surface area contributed by atoms with Crippen LogP contribution in [0, 0.1) is 16.0 Å². The Labute approximate surface area is 163 Å². The largest absolute Gasteiger partial charge is 0.375 e. The molecule has 1 unspecified atom stereocenters. The Balaban J connectivity index is 1.70. The number of primary amides is 1. The molecule has 1 saturated heterocycles. The van der Waals surface area contributed by atoms with Gasteiger partial charge in [-0.15, -0.1) is 0 Å². The molecule has 28 heavy (non-hydrogen) atoms. The molecular formula is C18H28N6O4. The van der Waals surface area contributed by atoms with E-state index < -0.39 is 4.92 Å². The van der Waals surface area contributed by atoms with Crippen molar-refractivity contribution in [2.75, 3.05) is 17.2 Å². The van der Waals surface area contributed by atoms with E-state index in [0.717, 1.165) is 12.8 Å². The zero-order valence-electron chi connectivity index (χ0n) is 16.3. The van der Waals surface area contributed by atoms with Crippen LogP contribution in [0.15, 0.2) is 6.20 Å². The lowest BCUT2D eigenvalue weighted by molar-refractivity contribution is -0.384. The van der Waals surface area contributed by atoms with E-state index in [9.17, 15) is 14.9 Å². The minimum absolute atomic E-state index is 0.0130. The zero-order chi connectivity index (χ0) is 20.3. The molecule has 3 rings (SSSR count). The average Bonchev–Trinajstić information content (AvgIpc) is 2.61. The number of aromatic nitrogens is 2. The first kappa shape index (κ1) is 20.2. The van der Waals surface area contributed by atoms with Crippen LogP contribution in [-0.2, 0) is 9.53 Å². The summed E-state index contributed by atoms with van der Waals surface area (Å²) in [4.78, 5) is 30.7. The van der Waals surface area contributed by atoms with Crippen molar-refractivity contribution >= 4 is 23.4 Å². The van der Waals surface area contributed by atoms with E-state index in [4.69, 9.17) is 10.5 Å². The summed E-state index contributed by atoms with van der Waals surface area (Å²) in [5, 5.41) is 17.8. The molecule has 1 aromatic heterocycles. The van der Waals surface area contributed by atoms with Crippen LogP contribution in [0.4, 0.5) is 17.5 Å². The van der Waals surface area contributed by atoms with Gasteiger partial charge in [0.2, 0.25) is 17.7 Å². The molecule has 154 valence electrons. The van der Waals surface area contributed by atoms with Gasteiger partial charge in [-0.05, 0) is 52.4 Å². The van der Waals surface area contributed by atoms with Crippen LogP contribution < -0.4 is 16.4 Å². The number of nitrogens with two attached hydrogens (primary N) is 1. The molecule has 0 aromatic carbocycles. The van der Waals surface area contributed by atoms with Gasteiger partial charge in [-0.2, -0.15) is 4.98 Å². The van der Waals surface area contributed by atoms with Crippen LogP contribution in [0.5, 0.6) is 0 Å². The van der Waals surface area contributed by atoms with Crippen molar-refractivity contribution in [1.82, 2.24) is 9.97 Å². The van der Waals surface area contributed by atoms with Gasteiger partial charge in [0, 0.05) is 24.6 Å². The van der Waals surface area contributed by atoms with E-state index >= 15 is 0 Å². The fourth-order valence-electron chi connectivity index (χ4n) is 3.94. The van der Waals surface area contributed by atoms with Crippen molar-refractivity contribution in [2.45, 2.75) is 70.1 Å². The average molecular weight is 392 g/mol. The number of ether oxygens (including phenoxy) is 1. The fourth-order valence-corrected chi connectivity index (χ4v) is 3.94. The summed E-state index contributed by atoms with van der Waals surface area (Å²) in [6.07, 6.45) is 5.63. The molecule has 1 aliphatic heterocycles. The number of amides is 1. The van der Waals surface area contributed by atoms with Gasteiger partial charge in [0.05, 0.1) is 10.5 Å². The van der Waals surface area contributed by atoms with Crippen LogP contribution in [0.3, 0.4) is 0 Å². The molecule has 1 aromatic rings. The van der Waals surface area contributed by atoms with Gasteiger partial charge in [0.1, 0.15) is 6.20 Å². The molecule has 1 atom stereocenters. The summed E-state index contributed by atoms with van der Waals surface area (Å²) in [5.74, 6) is 0.169. The third-order valence-electron chi connectivity index (χ3n) is 5.47. The van der Waals surface area contributed by atoms with E-state index in [2.05, 4.69) is 20.6 Å². The number of carbonyl (C=O) groups excluding carboxylic acids is 1. The van der Waals surface area contributed by atoms with E-state index in [1.807, 2.05) is 13.8 Å². The number of hydrogen-bond acceptors (Lipinski definition) is 8. The Morgan fingerprint density at radius 3 is 2.57 bits per heavy atom. The van der Waals surface area contributed by atoms with Gasteiger partial charge >= 0.3 is 5.69 Å². The standard InChI is InChI=1S/C18H28N6O4/c1-18(2)9-13(7-8-28-18)22-17-20-10-14(24(26)27)16(23-17)21-12-5-3-11(4-6-12)15(19)25/h10-13H,3-9H2,1-2H3,(H2,19,25)(H2,20,21,22,23)/t11-,12-,13?. The zero-order valence-corrected chi connectivity index (χ0v) is 16.3. The van der Waals surface area contributed by atoms with Crippen molar-refractivity contribution in [3.8, 4) is 0 Å². The van der Waals surface area contributed by atoms with Crippen molar-refractivity contribution in [2.24, 2.45) is 11.7 Å². The monoisotopic (exact) mass is 392 g/mol. The molecule has 0 radical (unpaired) electrons. The summed E-state index contributed by atoms with van der Waals surface area (Å²) >= 11 is 0. The summed E-state index contributed by atoms with van der Waals surface area (Å²) in [7, 11) is 0. The molecule has 1 aliphatic carbocycles. The highest BCUT2D eigenvalue weighted by molar-refractivity contribution is 5.76. The van der Waals surface area contributed by atoms with E-state index in [1.54, 1.807) is 0 Å². The van der Waals surface area contributed by atoms with Crippen molar-refractivity contribution in [3.05, 3.63) is 16.3 Å². The van der Waals surface area contributed by atoms with E-state index in [0.29, 0.717) is 38.2 Å². The second kappa shape index (κ2) is 8.26. The first-order valence-electron chi connectivity index (χ1n) is 9.71. The first-order valence-corrected chi connectivity index (χ1v) is 9.71. The van der Waals surface area contributed by atoms with Gasteiger partial charge in [-0.1, -0.05) is 0 Å². The van der Waals surface area contributed by atoms with Gasteiger partial charge in [-0.3, -0.25) is 14.9 Å². The maximum Gasteiger partial charge on any atom is 0.329 e. The molecular weight excluding hydrogens is 364 g/mol. The van der Waals surface area contributed by atoms with Crippen molar-refractivity contribution in [1.29, 1.82) is 0 Å². The Morgan fingerprint density at radius 1 is 1.25 bits per heavy atom. The number of nitro groups is 1. The number of anilines is 2. The Bertz CT molecular complexity index is 733. The smallest absolute Gasteiger partial charge is 0.329 e. The third kappa shape index (κ3) is 5.06. The highest BCUT2D eigenvalue weighted by atomic mass is 16.6. The topological polar surface area (TPSA) is 145 Å². The SMILES string of the molecule is CC1(C)CC(Nc2ncc([N+](=O)[O-])c(N[C@H]3CC[C@H](C(N)=O)CC3)n2)CCO1. The van der Waals surface area contributed by atoms with Gasteiger partial charge in [0.25, 0.3) is 0 Å². The van der Waals surface area contributed by atoms with Gasteiger partial charge < -0.3 is 21.1 Å². The number of nitrogens with zero attached hydrogens (tertiary/aromatic N) is 3. The molecule has 0 bridgehead atoms. The predicted molar refractivity (Wildman–Crippen MR) is 104 cm³/mol. The Hall–Kier alpha value is -2.49. The Kier molecular flexibility index (Phi) is 5.97. The van der Waals surface area contributed by atoms with E-state index in [1.165, 1.54) is 6.20 Å². The molecule has 10 nitrogen and oxygen atoms in total. The van der Waals surface area contributed by atoms with Crippen LogP contribution >= 0.6 is 0 Å². The molecule has 2 aliphatic rings. The molecule has 1 amide bonds. The first-order chi connectivity index (χ1) is 13.2. The fraction of sp³-hybridized carbons (Fsp3) is 0.722. The molecule has 1 saturated carbocycles. The van der Waals surface area contributed by atoms with Crippen LogP contribution in [-0.4, -0.2) is 45.1 Å². The highest BCUT2D eigenvalue weighted by Crippen LogP contribution is 2.30. The second-order valence-electron chi connectivity index (χ2n) is 8.22. The highest BCUT2D eigenvalue weighted by Gasteiger charge is 2.30. The lowest BCUT2D eigenvalue weighted by atomic mass is 9.85. The molecule has 4 N–H and O–H groups in total.